The SMILES string of the molecule is CCC(C1CC1)n1c(SC)nc2c(-c3ccc(C(F)(F)F)cc3Cl)ccnc21. The van der Waals surface area contributed by atoms with E-state index in [0.29, 0.717) is 28.6 Å². The van der Waals surface area contributed by atoms with Crippen LogP contribution in [0, 0.1) is 5.92 Å². The van der Waals surface area contributed by atoms with E-state index in [1.54, 1.807) is 24.0 Å². The van der Waals surface area contributed by atoms with Gasteiger partial charge in [0.1, 0.15) is 5.52 Å². The zero-order valence-electron chi connectivity index (χ0n) is 15.4. The smallest absolute Gasteiger partial charge is 0.300 e. The molecule has 148 valence electrons. The Bertz CT molecular complexity index is 1030. The van der Waals surface area contributed by atoms with Gasteiger partial charge in [0.2, 0.25) is 0 Å². The molecule has 0 spiro atoms. The Morgan fingerprint density at radius 1 is 1.25 bits per heavy atom. The lowest BCUT2D eigenvalue weighted by Crippen LogP contribution is -2.12. The maximum Gasteiger partial charge on any atom is 0.416 e. The molecule has 0 N–H and O–H groups in total. The van der Waals surface area contributed by atoms with E-state index in [0.717, 1.165) is 29.4 Å². The van der Waals surface area contributed by atoms with Gasteiger partial charge in [-0.25, -0.2) is 9.97 Å². The van der Waals surface area contributed by atoms with Gasteiger partial charge < -0.3 is 4.57 Å². The van der Waals surface area contributed by atoms with Crippen LogP contribution in [0.2, 0.25) is 5.02 Å². The molecule has 1 fully saturated rings. The number of aromatic nitrogens is 3. The van der Waals surface area contributed by atoms with Crippen LogP contribution in [-0.2, 0) is 6.18 Å². The van der Waals surface area contributed by atoms with Crippen LogP contribution in [0.25, 0.3) is 22.3 Å². The van der Waals surface area contributed by atoms with Gasteiger partial charge in [0.05, 0.1) is 5.56 Å². The summed E-state index contributed by atoms with van der Waals surface area (Å²) in [6.45, 7) is 2.16. The van der Waals surface area contributed by atoms with Crippen LogP contribution in [0.4, 0.5) is 13.2 Å². The largest absolute Gasteiger partial charge is 0.416 e. The molecule has 0 radical (unpaired) electrons. The van der Waals surface area contributed by atoms with E-state index in [1.807, 2.05) is 6.26 Å². The highest BCUT2D eigenvalue weighted by atomic mass is 35.5. The standard InChI is InChI=1S/C20H19ClF3N3S/c1-3-16(11-4-5-11)27-18-17(26-19(27)28-2)14(8-9-25-18)13-7-6-12(10-15(13)21)20(22,23)24/h6-11,16H,3-5H2,1-2H3. The molecule has 2 aromatic heterocycles. The van der Waals surface area contributed by atoms with Crippen molar-refractivity contribution in [1.82, 2.24) is 14.5 Å². The van der Waals surface area contributed by atoms with Crippen LogP contribution in [0.15, 0.2) is 35.6 Å². The Labute approximate surface area is 170 Å². The highest BCUT2D eigenvalue weighted by Gasteiger charge is 2.34. The van der Waals surface area contributed by atoms with Crippen LogP contribution in [0.1, 0.15) is 37.8 Å². The number of rotatable bonds is 5. The summed E-state index contributed by atoms with van der Waals surface area (Å²) in [6.07, 6.45) is 2.61. The maximum absolute atomic E-state index is 13.0. The zero-order chi connectivity index (χ0) is 20.1. The number of hydrogen-bond donors (Lipinski definition) is 0. The van der Waals surface area contributed by atoms with Crippen molar-refractivity contribution in [3.8, 4) is 11.1 Å². The van der Waals surface area contributed by atoms with Crippen molar-refractivity contribution >= 4 is 34.5 Å². The molecule has 0 aliphatic heterocycles. The van der Waals surface area contributed by atoms with E-state index in [-0.39, 0.29) is 5.02 Å². The van der Waals surface area contributed by atoms with Gasteiger partial charge in [-0.15, -0.1) is 0 Å². The predicted octanol–water partition coefficient (Wildman–Crippen LogP) is 6.85. The molecule has 1 saturated carbocycles. The molecule has 0 saturated heterocycles. The van der Waals surface area contributed by atoms with Crippen molar-refractivity contribution in [2.24, 2.45) is 5.92 Å². The summed E-state index contributed by atoms with van der Waals surface area (Å²) >= 11 is 7.79. The van der Waals surface area contributed by atoms with Crippen LogP contribution >= 0.6 is 23.4 Å². The molecule has 28 heavy (non-hydrogen) atoms. The topological polar surface area (TPSA) is 30.7 Å². The lowest BCUT2D eigenvalue weighted by atomic mass is 10.0. The Kier molecular flexibility index (Phi) is 5.08. The number of nitrogens with zero attached hydrogens (tertiary/aromatic N) is 3. The summed E-state index contributed by atoms with van der Waals surface area (Å²) in [6, 6.07) is 5.53. The minimum atomic E-state index is -4.43. The number of fused-ring (bicyclic) bond motifs is 1. The van der Waals surface area contributed by atoms with Gasteiger partial charge in [-0.3, -0.25) is 0 Å². The first kappa shape index (κ1) is 19.6. The first-order chi connectivity index (χ1) is 13.3. The summed E-state index contributed by atoms with van der Waals surface area (Å²) in [5, 5.41) is 0.925. The second kappa shape index (κ2) is 7.26. The first-order valence-corrected chi connectivity index (χ1v) is 10.7. The molecule has 8 heteroatoms. The van der Waals surface area contributed by atoms with Crippen LogP contribution < -0.4 is 0 Å². The number of halogens is 4. The highest BCUT2D eigenvalue weighted by molar-refractivity contribution is 7.98. The molecule has 4 rings (SSSR count). The zero-order valence-corrected chi connectivity index (χ0v) is 17.0. The normalized spacial score (nSPS) is 15.9. The summed E-state index contributed by atoms with van der Waals surface area (Å²) < 4.78 is 41.1. The van der Waals surface area contributed by atoms with E-state index in [4.69, 9.17) is 16.6 Å². The van der Waals surface area contributed by atoms with Crippen molar-refractivity contribution in [2.75, 3.05) is 6.26 Å². The lowest BCUT2D eigenvalue weighted by molar-refractivity contribution is -0.137. The monoisotopic (exact) mass is 425 g/mol. The van der Waals surface area contributed by atoms with E-state index in [1.165, 1.54) is 18.9 Å². The average Bonchev–Trinajstić information content (AvgIpc) is 3.42. The summed E-state index contributed by atoms with van der Waals surface area (Å²) in [5.74, 6) is 0.633. The third kappa shape index (κ3) is 3.39. The van der Waals surface area contributed by atoms with Gasteiger partial charge in [-0.2, -0.15) is 13.2 Å². The van der Waals surface area contributed by atoms with Crippen molar-refractivity contribution in [3.05, 3.63) is 41.0 Å². The minimum Gasteiger partial charge on any atom is -0.300 e. The number of alkyl halides is 3. The molecular weight excluding hydrogens is 407 g/mol. The summed E-state index contributed by atoms with van der Waals surface area (Å²) in [7, 11) is 0. The van der Waals surface area contributed by atoms with Crippen LogP contribution in [0.5, 0.6) is 0 Å². The second-order valence-corrected chi connectivity index (χ2v) is 8.19. The van der Waals surface area contributed by atoms with Crippen molar-refractivity contribution in [3.63, 3.8) is 0 Å². The third-order valence-corrected chi connectivity index (χ3v) is 6.20. The molecule has 0 bridgehead atoms. The Morgan fingerprint density at radius 2 is 2.00 bits per heavy atom. The van der Waals surface area contributed by atoms with E-state index in [9.17, 15) is 13.2 Å². The fourth-order valence-electron chi connectivity index (χ4n) is 3.75. The Morgan fingerprint density at radius 3 is 2.57 bits per heavy atom. The Balaban J connectivity index is 1.89. The number of thioether (sulfide) groups is 1. The van der Waals surface area contributed by atoms with Gasteiger partial charge in [0.25, 0.3) is 0 Å². The van der Waals surface area contributed by atoms with Gasteiger partial charge in [0, 0.05) is 28.4 Å². The molecule has 1 aliphatic carbocycles. The van der Waals surface area contributed by atoms with Crippen molar-refractivity contribution < 1.29 is 13.2 Å². The molecule has 1 atom stereocenters. The number of pyridine rings is 1. The van der Waals surface area contributed by atoms with Crippen LogP contribution in [0.3, 0.4) is 0 Å². The molecule has 1 unspecified atom stereocenters. The minimum absolute atomic E-state index is 0.0526. The number of imidazole rings is 1. The number of hydrogen-bond acceptors (Lipinski definition) is 3. The molecule has 0 amide bonds. The highest BCUT2D eigenvalue weighted by Crippen LogP contribution is 2.45. The van der Waals surface area contributed by atoms with E-state index >= 15 is 0 Å². The van der Waals surface area contributed by atoms with Gasteiger partial charge in [-0.05, 0) is 49.6 Å². The van der Waals surface area contributed by atoms with Crippen LogP contribution in [-0.4, -0.2) is 20.8 Å². The van der Waals surface area contributed by atoms with Crippen molar-refractivity contribution in [2.45, 2.75) is 43.6 Å². The molecular formula is C20H19ClF3N3S. The molecule has 1 aromatic carbocycles. The van der Waals surface area contributed by atoms with E-state index < -0.39 is 11.7 Å². The first-order valence-electron chi connectivity index (χ1n) is 9.13. The Hall–Kier alpha value is -1.73. The van der Waals surface area contributed by atoms with Gasteiger partial charge >= 0.3 is 6.18 Å². The molecule has 3 nitrogen and oxygen atoms in total. The fourth-order valence-corrected chi connectivity index (χ4v) is 4.63. The number of benzene rings is 1. The van der Waals surface area contributed by atoms with Gasteiger partial charge in [0.15, 0.2) is 10.8 Å². The van der Waals surface area contributed by atoms with Crippen molar-refractivity contribution in [1.29, 1.82) is 0 Å². The average molecular weight is 426 g/mol. The summed E-state index contributed by atoms with van der Waals surface area (Å²) in [4.78, 5) is 9.35. The van der Waals surface area contributed by atoms with E-state index in [2.05, 4.69) is 16.5 Å². The summed E-state index contributed by atoms with van der Waals surface area (Å²) in [5.41, 5.74) is 1.90. The quantitative estimate of drug-likeness (QED) is 0.418. The second-order valence-electron chi connectivity index (χ2n) is 7.00. The molecule has 2 heterocycles. The third-order valence-electron chi connectivity index (χ3n) is 5.23. The molecule has 1 aliphatic rings. The maximum atomic E-state index is 13.0. The predicted molar refractivity (Wildman–Crippen MR) is 107 cm³/mol. The molecule has 3 aromatic rings. The lowest BCUT2D eigenvalue weighted by Gasteiger charge is -2.18. The van der Waals surface area contributed by atoms with Gasteiger partial charge in [-0.1, -0.05) is 36.4 Å². The fraction of sp³-hybridized carbons (Fsp3) is 0.400.